The van der Waals surface area contributed by atoms with E-state index in [0.717, 1.165) is 0 Å². The Labute approximate surface area is 118 Å². The summed E-state index contributed by atoms with van der Waals surface area (Å²) in [4.78, 5) is 2.53. The van der Waals surface area contributed by atoms with Gasteiger partial charge in [0.25, 0.3) is 0 Å². The molecule has 0 amide bonds. The maximum atomic E-state index is 6.09. The first-order chi connectivity index (χ1) is 9.13. The normalized spacial score (nSPS) is 18.8. The summed E-state index contributed by atoms with van der Waals surface area (Å²) in [5.74, 6) is 0. The average molecular weight is 260 g/mol. The zero-order chi connectivity index (χ0) is 13.8. The van der Waals surface area contributed by atoms with Crippen molar-refractivity contribution in [2.75, 3.05) is 13.6 Å². The van der Waals surface area contributed by atoms with Crippen molar-refractivity contribution < 1.29 is 0 Å². The number of hydrogen-bond donors (Lipinski definition) is 1. The first-order valence-electron chi connectivity index (χ1n) is 7.62. The summed E-state index contributed by atoms with van der Waals surface area (Å²) < 4.78 is 0. The van der Waals surface area contributed by atoms with E-state index in [1.54, 1.807) is 0 Å². The quantitative estimate of drug-likeness (QED) is 0.896. The Kier molecular flexibility index (Phi) is 5.00. The lowest BCUT2D eigenvalue weighted by Gasteiger charge is -2.37. The molecular weight excluding hydrogens is 232 g/mol. The standard InChI is InChI=1S/C17H28N2/c1-13-9-10-14(2)16(11-13)17(12-18)19(3)15-7-5-4-6-8-15/h9-11,15,17H,4-8,12,18H2,1-3H3. The van der Waals surface area contributed by atoms with Gasteiger partial charge in [0.05, 0.1) is 0 Å². The lowest BCUT2D eigenvalue weighted by molar-refractivity contribution is 0.140. The Balaban J connectivity index is 2.20. The number of nitrogens with zero attached hydrogens (tertiary/aromatic N) is 1. The van der Waals surface area contributed by atoms with E-state index in [1.165, 1.54) is 48.8 Å². The highest BCUT2D eigenvalue weighted by Gasteiger charge is 2.25. The third-order valence-corrected chi connectivity index (χ3v) is 4.66. The van der Waals surface area contributed by atoms with Gasteiger partial charge in [-0.05, 0) is 44.9 Å². The molecule has 0 radical (unpaired) electrons. The molecule has 2 N–H and O–H groups in total. The molecule has 1 unspecified atom stereocenters. The summed E-state index contributed by atoms with van der Waals surface area (Å²) in [7, 11) is 2.26. The molecule has 1 atom stereocenters. The van der Waals surface area contributed by atoms with Crippen LogP contribution in [0.2, 0.25) is 0 Å². The second-order valence-electron chi connectivity index (χ2n) is 6.07. The van der Waals surface area contributed by atoms with Crippen LogP contribution in [0.5, 0.6) is 0 Å². The SMILES string of the molecule is Cc1ccc(C)c(C(CN)N(C)C2CCCCC2)c1. The number of aryl methyl sites for hydroxylation is 2. The Bertz CT molecular complexity index is 408. The van der Waals surface area contributed by atoms with Crippen molar-refractivity contribution in [3.8, 4) is 0 Å². The van der Waals surface area contributed by atoms with Gasteiger partial charge in [0, 0.05) is 18.6 Å². The highest BCUT2D eigenvalue weighted by Crippen LogP contribution is 2.30. The van der Waals surface area contributed by atoms with Gasteiger partial charge in [-0.2, -0.15) is 0 Å². The van der Waals surface area contributed by atoms with E-state index in [4.69, 9.17) is 5.73 Å². The van der Waals surface area contributed by atoms with Gasteiger partial charge >= 0.3 is 0 Å². The zero-order valence-corrected chi connectivity index (χ0v) is 12.7. The van der Waals surface area contributed by atoms with Crippen LogP contribution < -0.4 is 5.73 Å². The molecule has 2 heteroatoms. The largest absolute Gasteiger partial charge is 0.329 e. The van der Waals surface area contributed by atoms with Crippen LogP contribution in [0.25, 0.3) is 0 Å². The second-order valence-corrected chi connectivity index (χ2v) is 6.07. The minimum absolute atomic E-state index is 0.364. The van der Waals surface area contributed by atoms with E-state index in [9.17, 15) is 0 Å². The van der Waals surface area contributed by atoms with Crippen molar-refractivity contribution in [2.24, 2.45) is 5.73 Å². The first kappa shape index (κ1) is 14.5. The Hall–Kier alpha value is -0.860. The predicted octanol–water partition coefficient (Wildman–Crippen LogP) is 3.57. The lowest BCUT2D eigenvalue weighted by atomic mass is 9.91. The van der Waals surface area contributed by atoms with Gasteiger partial charge in [-0.1, -0.05) is 43.0 Å². The highest BCUT2D eigenvalue weighted by atomic mass is 15.2. The molecule has 1 aromatic carbocycles. The molecular formula is C17H28N2. The fourth-order valence-corrected chi connectivity index (χ4v) is 3.37. The van der Waals surface area contributed by atoms with Gasteiger partial charge in [-0.25, -0.2) is 0 Å². The van der Waals surface area contributed by atoms with Crippen LogP contribution in [0.4, 0.5) is 0 Å². The summed E-state index contributed by atoms with van der Waals surface area (Å²) in [5.41, 5.74) is 10.2. The predicted molar refractivity (Wildman–Crippen MR) is 82.3 cm³/mol. The molecule has 1 saturated carbocycles. The number of nitrogens with two attached hydrogens (primary N) is 1. The van der Waals surface area contributed by atoms with Crippen LogP contribution >= 0.6 is 0 Å². The molecule has 0 spiro atoms. The maximum Gasteiger partial charge on any atom is 0.0473 e. The van der Waals surface area contributed by atoms with E-state index in [1.807, 2.05) is 0 Å². The average Bonchev–Trinajstić information content (AvgIpc) is 2.44. The zero-order valence-electron chi connectivity index (χ0n) is 12.7. The Morgan fingerprint density at radius 1 is 1.21 bits per heavy atom. The van der Waals surface area contributed by atoms with Gasteiger partial charge < -0.3 is 5.73 Å². The molecule has 2 nitrogen and oxygen atoms in total. The highest BCUT2D eigenvalue weighted by molar-refractivity contribution is 5.33. The lowest BCUT2D eigenvalue weighted by Crippen LogP contribution is -2.40. The van der Waals surface area contributed by atoms with Gasteiger partial charge in [0.1, 0.15) is 0 Å². The molecule has 106 valence electrons. The molecule has 1 aliphatic rings. The van der Waals surface area contributed by atoms with Crippen LogP contribution in [0.3, 0.4) is 0 Å². The second kappa shape index (κ2) is 6.53. The van der Waals surface area contributed by atoms with Crippen LogP contribution in [0, 0.1) is 13.8 Å². The Morgan fingerprint density at radius 2 is 1.89 bits per heavy atom. The maximum absolute atomic E-state index is 6.09. The van der Waals surface area contributed by atoms with Crippen LogP contribution in [0.1, 0.15) is 54.8 Å². The van der Waals surface area contributed by atoms with E-state index in [-0.39, 0.29) is 0 Å². The fourth-order valence-electron chi connectivity index (χ4n) is 3.37. The van der Waals surface area contributed by atoms with Crippen LogP contribution in [0.15, 0.2) is 18.2 Å². The molecule has 1 fully saturated rings. The molecule has 2 rings (SSSR count). The summed E-state index contributed by atoms with van der Waals surface area (Å²) in [5, 5.41) is 0. The van der Waals surface area contributed by atoms with E-state index >= 15 is 0 Å². The molecule has 0 saturated heterocycles. The third kappa shape index (κ3) is 3.37. The van der Waals surface area contributed by atoms with E-state index in [0.29, 0.717) is 18.6 Å². The molecule has 0 aliphatic heterocycles. The van der Waals surface area contributed by atoms with Gasteiger partial charge in [-0.3, -0.25) is 4.90 Å². The smallest absolute Gasteiger partial charge is 0.0473 e. The number of rotatable bonds is 4. The number of benzene rings is 1. The molecule has 1 aromatic rings. The number of hydrogen-bond acceptors (Lipinski definition) is 2. The minimum Gasteiger partial charge on any atom is -0.329 e. The third-order valence-electron chi connectivity index (χ3n) is 4.66. The van der Waals surface area contributed by atoms with Crippen LogP contribution in [-0.2, 0) is 0 Å². The molecule has 1 aliphatic carbocycles. The molecule has 19 heavy (non-hydrogen) atoms. The van der Waals surface area contributed by atoms with E-state index < -0.39 is 0 Å². The molecule has 0 aromatic heterocycles. The summed E-state index contributed by atoms with van der Waals surface area (Å²) in [6, 6.07) is 7.80. The van der Waals surface area contributed by atoms with Crippen molar-refractivity contribution in [1.82, 2.24) is 4.90 Å². The van der Waals surface area contributed by atoms with Gasteiger partial charge in [0.2, 0.25) is 0 Å². The summed E-state index contributed by atoms with van der Waals surface area (Å²) >= 11 is 0. The van der Waals surface area contributed by atoms with Crippen molar-refractivity contribution in [2.45, 2.75) is 58.0 Å². The Morgan fingerprint density at radius 3 is 2.53 bits per heavy atom. The topological polar surface area (TPSA) is 29.3 Å². The molecule has 0 heterocycles. The van der Waals surface area contributed by atoms with Crippen molar-refractivity contribution in [1.29, 1.82) is 0 Å². The fraction of sp³-hybridized carbons (Fsp3) is 0.647. The first-order valence-corrected chi connectivity index (χ1v) is 7.62. The van der Waals surface area contributed by atoms with Crippen molar-refractivity contribution in [3.05, 3.63) is 34.9 Å². The summed E-state index contributed by atoms with van der Waals surface area (Å²) in [6.07, 6.45) is 6.81. The van der Waals surface area contributed by atoms with Gasteiger partial charge in [0.15, 0.2) is 0 Å². The van der Waals surface area contributed by atoms with E-state index in [2.05, 4.69) is 44.0 Å². The van der Waals surface area contributed by atoms with Gasteiger partial charge in [-0.15, -0.1) is 0 Å². The number of likely N-dealkylation sites (N-methyl/N-ethyl adjacent to an activating group) is 1. The minimum atomic E-state index is 0.364. The van der Waals surface area contributed by atoms with Crippen LogP contribution in [-0.4, -0.2) is 24.5 Å². The van der Waals surface area contributed by atoms with Crippen molar-refractivity contribution >= 4 is 0 Å². The summed E-state index contributed by atoms with van der Waals surface area (Å²) in [6.45, 7) is 5.07. The molecule has 0 bridgehead atoms. The van der Waals surface area contributed by atoms with Crippen molar-refractivity contribution in [3.63, 3.8) is 0 Å². The monoisotopic (exact) mass is 260 g/mol.